The number of hydrogen-bond donors (Lipinski definition) is 0. The van der Waals surface area contributed by atoms with Gasteiger partial charge in [0.25, 0.3) is 0 Å². The molecule has 1 aromatic carbocycles. The first-order valence-electron chi connectivity index (χ1n) is 10.7. The minimum atomic E-state index is -3.48. The van der Waals surface area contributed by atoms with Gasteiger partial charge in [0.2, 0.25) is 15.9 Å². The highest BCUT2D eigenvalue weighted by molar-refractivity contribution is 7.92. The van der Waals surface area contributed by atoms with Crippen LogP contribution in [0.4, 0.5) is 5.82 Å². The summed E-state index contributed by atoms with van der Waals surface area (Å²) in [6, 6.07) is 15.2. The molecule has 3 heterocycles. The van der Waals surface area contributed by atoms with Gasteiger partial charge in [0.05, 0.1) is 0 Å². The molecular formula is C23H28N4O3S. The molecule has 8 heteroatoms. The summed E-state index contributed by atoms with van der Waals surface area (Å²) < 4.78 is 26.8. The monoisotopic (exact) mass is 440 g/mol. The van der Waals surface area contributed by atoms with E-state index in [4.69, 9.17) is 0 Å². The number of benzene rings is 1. The van der Waals surface area contributed by atoms with Crippen LogP contribution in [0.3, 0.4) is 0 Å². The van der Waals surface area contributed by atoms with Crippen LogP contribution < -0.4 is 4.90 Å². The molecule has 2 fully saturated rings. The maximum atomic E-state index is 13.0. The van der Waals surface area contributed by atoms with Crippen LogP contribution in [0.2, 0.25) is 0 Å². The summed E-state index contributed by atoms with van der Waals surface area (Å²) in [5, 5.41) is 1.27. The number of rotatable bonds is 5. The molecule has 164 valence electrons. The van der Waals surface area contributed by atoms with Crippen LogP contribution in [0, 0.1) is 5.92 Å². The lowest BCUT2D eigenvalue weighted by Gasteiger charge is -2.38. The summed E-state index contributed by atoms with van der Waals surface area (Å²) in [5.74, 6) is 0.986. The van der Waals surface area contributed by atoms with Crippen molar-refractivity contribution in [1.82, 2.24) is 14.2 Å². The molecule has 2 aliphatic rings. The summed E-state index contributed by atoms with van der Waals surface area (Å²) in [6.07, 6.45) is 4.53. The highest BCUT2D eigenvalue weighted by Crippen LogP contribution is 2.24. The van der Waals surface area contributed by atoms with Gasteiger partial charge in [0.15, 0.2) is 0 Å². The quantitative estimate of drug-likeness (QED) is 0.714. The summed E-state index contributed by atoms with van der Waals surface area (Å²) >= 11 is 0. The Bertz CT molecular complexity index is 996. The summed E-state index contributed by atoms with van der Waals surface area (Å²) in [7, 11) is -3.48. The zero-order valence-corrected chi connectivity index (χ0v) is 18.3. The minimum absolute atomic E-state index is 0.106. The molecule has 0 aliphatic carbocycles. The van der Waals surface area contributed by atoms with Crippen molar-refractivity contribution in [2.24, 2.45) is 5.92 Å². The number of hydrogen-bond acceptors (Lipinski definition) is 5. The maximum Gasteiger partial charge on any atom is 0.236 e. The standard InChI is InChI=1S/C23H28N4O3S/c28-23(26-17-15-25(16-18-26)22-8-4-5-12-24-22)21-9-13-27(14-10-21)31(29,30)19-11-20-6-2-1-3-7-20/h1-8,11-12,19,21H,9-10,13-18H2. The van der Waals surface area contributed by atoms with Crippen molar-refractivity contribution in [2.45, 2.75) is 12.8 Å². The molecule has 0 spiro atoms. The first-order valence-corrected chi connectivity index (χ1v) is 12.2. The van der Waals surface area contributed by atoms with Crippen LogP contribution >= 0.6 is 0 Å². The van der Waals surface area contributed by atoms with E-state index >= 15 is 0 Å². The normalized spacial score (nSPS) is 19.1. The fourth-order valence-corrected chi connectivity index (χ4v) is 5.35. The van der Waals surface area contributed by atoms with Crippen molar-refractivity contribution < 1.29 is 13.2 Å². The first-order chi connectivity index (χ1) is 15.0. The third kappa shape index (κ3) is 5.32. The molecule has 1 amide bonds. The molecule has 0 bridgehead atoms. The first kappa shape index (κ1) is 21.5. The van der Waals surface area contributed by atoms with Gasteiger partial charge in [-0.05, 0) is 36.6 Å². The van der Waals surface area contributed by atoms with E-state index in [1.165, 1.54) is 9.71 Å². The van der Waals surface area contributed by atoms with Crippen LogP contribution in [-0.4, -0.2) is 67.8 Å². The van der Waals surface area contributed by atoms with Crippen LogP contribution in [0.5, 0.6) is 0 Å². The number of anilines is 1. The molecule has 0 unspecified atom stereocenters. The number of carbonyl (C=O) groups is 1. The molecule has 1 aromatic heterocycles. The van der Waals surface area contributed by atoms with E-state index in [0.717, 1.165) is 24.5 Å². The van der Waals surface area contributed by atoms with Crippen molar-refractivity contribution in [1.29, 1.82) is 0 Å². The van der Waals surface area contributed by atoms with E-state index in [1.54, 1.807) is 12.3 Å². The van der Waals surface area contributed by atoms with Crippen molar-refractivity contribution in [2.75, 3.05) is 44.2 Å². The predicted molar refractivity (Wildman–Crippen MR) is 122 cm³/mol. The molecule has 0 saturated carbocycles. The SMILES string of the molecule is O=C(C1CCN(S(=O)(=O)C=Cc2ccccc2)CC1)N1CCN(c2ccccn2)CC1. The highest BCUT2D eigenvalue weighted by atomic mass is 32.2. The van der Waals surface area contributed by atoms with E-state index in [-0.39, 0.29) is 11.8 Å². The van der Waals surface area contributed by atoms with E-state index in [2.05, 4.69) is 9.88 Å². The molecule has 0 N–H and O–H groups in total. The largest absolute Gasteiger partial charge is 0.353 e. The molecule has 4 rings (SSSR count). The number of piperidine rings is 1. The van der Waals surface area contributed by atoms with E-state index < -0.39 is 10.0 Å². The van der Waals surface area contributed by atoms with Crippen molar-refractivity contribution in [3.63, 3.8) is 0 Å². The third-order valence-electron chi connectivity index (χ3n) is 5.96. The fraction of sp³-hybridized carbons (Fsp3) is 0.391. The Morgan fingerprint density at radius 1 is 0.903 bits per heavy atom. The van der Waals surface area contributed by atoms with Gasteiger partial charge in [-0.25, -0.2) is 13.4 Å². The van der Waals surface area contributed by atoms with Crippen LogP contribution in [0.25, 0.3) is 6.08 Å². The summed E-state index contributed by atoms with van der Waals surface area (Å²) in [4.78, 5) is 21.5. The lowest BCUT2D eigenvalue weighted by molar-refractivity contribution is -0.137. The Morgan fingerprint density at radius 3 is 2.23 bits per heavy atom. The summed E-state index contributed by atoms with van der Waals surface area (Å²) in [5.41, 5.74) is 0.848. The van der Waals surface area contributed by atoms with E-state index in [9.17, 15) is 13.2 Å². The Hall–Kier alpha value is -2.71. The average Bonchev–Trinajstić information content (AvgIpc) is 2.84. The average molecular weight is 441 g/mol. The van der Waals surface area contributed by atoms with E-state index in [1.807, 2.05) is 53.4 Å². The maximum absolute atomic E-state index is 13.0. The van der Waals surface area contributed by atoms with Gasteiger partial charge in [-0.3, -0.25) is 4.79 Å². The molecule has 2 saturated heterocycles. The lowest BCUT2D eigenvalue weighted by atomic mass is 9.96. The number of carbonyl (C=O) groups excluding carboxylic acids is 1. The zero-order valence-electron chi connectivity index (χ0n) is 17.5. The second kappa shape index (κ2) is 9.62. The molecule has 31 heavy (non-hydrogen) atoms. The topological polar surface area (TPSA) is 73.8 Å². The van der Waals surface area contributed by atoms with Crippen LogP contribution in [0.1, 0.15) is 18.4 Å². The lowest BCUT2D eigenvalue weighted by Crippen LogP contribution is -2.52. The second-order valence-electron chi connectivity index (χ2n) is 7.93. The Kier molecular flexibility index (Phi) is 6.67. The second-order valence-corrected chi connectivity index (χ2v) is 9.75. The van der Waals surface area contributed by atoms with Gasteiger partial charge >= 0.3 is 0 Å². The zero-order chi connectivity index (χ0) is 21.7. The fourth-order valence-electron chi connectivity index (χ4n) is 4.13. The molecule has 0 radical (unpaired) electrons. The number of amides is 1. The van der Waals surface area contributed by atoms with Gasteiger partial charge in [0, 0.05) is 56.8 Å². The molecular weight excluding hydrogens is 412 g/mol. The number of sulfonamides is 1. The Morgan fingerprint density at radius 2 is 1.58 bits per heavy atom. The van der Waals surface area contributed by atoms with E-state index in [0.29, 0.717) is 39.0 Å². The molecule has 0 atom stereocenters. The number of pyridine rings is 1. The van der Waals surface area contributed by atoms with Gasteiger partial charge < -0.3 is 9.80 Å². The van der Waals surface area contributed by atoms with Crippen molar-refractivity contribution >= 4 is 27.8 Å². The van der Waals surface area contributed by atoms with Crippen LogP contribution in [-0.2, 0) is 14.8 Å². The van der Waals surface area contributed by atoms with Gasteiger partial charge in [0.1, 0.15) is 5.82 Å². The van der Waals surface area contributed by atoms with Gasteiger partial charge in [-0.15, -0.1) is 0 Å². The van der Waals surface area contributed by atoms with Gasteiger partial charge in [-0.2, -0.15) is 4.31 Å². The van der Waals surface area contributed by atoms with Crippen molar-refractivity contribution in [3.05, 3.63) is 65.7 Å². The van der Waals surface area contributed by atoms with Crippen molar-refractivity contribution in [3.8, 4) is 0 Å². The molecule has 2 aromatic rings. The predicted octanol–water partition coefficient (Wildman–Crippen LogP) is 2.44. The Balaban J connectivity index is 1.28. The third-order valence-corrected chi connectivity index (χ3v) is 7.52. The minimum Gasteiger partial charge on any atom is -0.353 e. The highest BCUT2D eigenvalue weighted by Gasteiger charge is 2.33. The number of nitrogens with zero attached hydrogens (tertiary/aromatic N) is 4. The molecule has 2 aliphatic heterocycles. The van der Waals surface area contributed by atoms with Crippen LogP contribution in [0.15, 0.2) is 60.1 Å². The molecule has 7 nitrogen and oxygen atoms in total. The number of aromatic nitrogens is 1. The van der Waals surface area contributed by atoms with Gasteiger partial charge in [-0.1, -0.05) is 36.4 Å². The smallest absolute Gasteiger partial charge is 0.236 e. The summed E-state index contributed by atoms with van der Waals surface area (Å²) in [6.45, 7) is 3.64. The number of piperazine rings is 1. The Labute approximate surface area is 184 Å².